The van der Waals surface area contributed by atoms with E-state index in [4.69, 9.17) is 0 Å². The molecule has 0 aliphatic carbocycles. The van der Waals surface area contributed by atoms with Gasteiger partial charge < -0.3 is 5.32 Å². The predicted molar refractivity (Wildman–Crippen MR) is 67.4 cm³/mol. The van der Waals surface area contributed by atoms with Crippen molar-refractivity contribution in [1.29, 1.82) is 0 Å². The van der Waals surface area contributed by atoms with E-state index in [2.05, 4.69) is 10.0 Å². The van der Waals surface area contributed by atoms with Crippen LogP contribution in [0, 0.1) is 12.3 Å². The van der Waals surface area contributed by atoms with E-state index >= 15 is 0 Å². The Morgan fingerprint density at radius 2 is 1.88 bits per heavy atom. The van der Waals surface area contributed by atoms with Gasteiger partial charge in [0.1, 0.15) is 0 Å². The van der Waals surface area contributed by atoms with Gasteiger partial charge in [-0.1, -0.05) is 13.8 Å². The molecule has 0 unspecified atom stereocenters. The first-order valence-electron chi connectivity index (χ1n) is 5.54. The highest BCUT2D eigenvalue weighted by Crippen LogP contribution is 2.01. The van der Waals surface area contributed by atoms with Crippen LogP contribution in [0.3, 0.4) is 0 Å². The highest BCUT2D eigenvalue weighted by Gasteiger charge is 2.11. The second kappa shape index (κ2) is 7.62. The van der Waals surface area contributed by atoms with Gasteiger partial charge in [-0.25, -0.2) is 4.72 Å². The first-order valence-corrected chi connectivity index (χ1v) is 6.98. The second-order valence-corrected chi connectivity index (χ2v) is 6.28. The molecule has 7 heteroatoms. The average molecular weight is 264 g/mol. The molecule has 1 amide bonds. The van der Waals surface area contributed by atoms with Crippen LogP contribution in [0.25, 0.3) is 0 Å². The minimum absolute atomic E-state index is 0.164. The lowest BCUT2D eigenvalue weighted by Gasteiger charge is -2.12. The topological polar surface area (TPSA) is 78.5 Å². The fourth-order valence-corrected chi connectivity index (χ4v) is 1.53. The van der Waals surface area contributed by atoms with E-state index in [9.17, 15) is 13.2 Å². The lowest BCUT2D eigenvalue weighted by molar-refractivity contribution is -0.118. The van der Waals surface area contributed by atoms with Gasteiger partial charge in [0.05, 0.1) is 0 Å². The van der Waals surface area contributed by atoms with Gasteiger partial charge in [0.2, 0.25) is 5.91 Å². The molecule has 0 aromatic rings. The molecule has 6 nitrogen and oxygen atoms in total. The van der Waals surface area contributed by atoms with Gasteiger partial charge in [0.15, 0.2) is 0 Å². The Kier molecular flexibility index (Phi) is 7.33. The molecule has 0 aliphatic heterocycles. The molecule has 0 saturated carbocycles. The van der Waals surface area contributed by atoms with Crippen LogP contribution in [0.1, 0.15) is 20.3 Å². The van der Waals surface area contributed by atoms with E-state index in [1.165, 1.54) is 14.1 Å². The molecule has 2 N–H and O–H groups in total. The molecular weight excluding hydrogens is 242 g/mol. The van der Waals surface area contributed by atoms with E-state index in [1.54, 1.807) is 6.42 Å². The molecule has 17 heavy (non-hydrogen) atoms. The highest BCUT2D eigenvalue weighted by molar-refractivity contribution is 7.87. The largest absolute Gasteiger partial charge is 0.355 e. The average Bonchev–Trinajstić information content (AvgIpc) is 2.21. The van der Waals surface area contributed by atoms with Crippen molar-refractivity contribution in [3.63, 3.8) is 0 Å². The minimum atomic E-state index is -3.40. The molecule has 101 valence electrons. The zero-order valence-corrected chi connectivity index (χ0v) is 11.7. The van der Waals surface area contributed by atoms with Gasteiger partial charge in [-0.15, -0.1) is 0 Å². The van der Waals surface area contributed by atoms with Gasteiger partial charge >= 0.3 is 0 Å². The third-order valence-electron chi connectivity index (χ3n) is 1.96. The zero-order chi connectivity index (χ0) is 13.5. The van der Waals surface area contributed by atoms with Gasteiger partial charge in [0, 0.05) is 33.6 Å². The first kappa shape index (κ1) is 16.3. The summed E-state index contributed by atoms with van der Waals surface area (Å²) in [6, 6.07) is 0. The number of carbonyl (C=O) groups is 1. The quantitative estimate of drug-likeness (QED) is 0.593. The van der Waals surface area contributed by atoms with Crippen LogP contribution in [-0.2, 0) is 15.0 Å². The molecule has 0 atom stereocenters. The molecule has 0 aliphatic rings. The normalized spacial score (nSPS) is 12.1. The second-order valence-electron chi connectivity index (χ2n) is 4.31. The number of rotatable bonds is 8. The van der Waals surface area contributed by atoms with Crippen molar-refractivity contribution in [3.05, 3.63) is 6.42 Å². The van der Waals surface area contributed by atoms with Crippen LogP contribution in [-0.4, -0.2) is 45.8 Å². The van der Waals surface area contributed by atoms with E-state index in [1.807, 2.05) is 13.8 Å². The number of hydrogen-bond donors (Lipinski definition) is 2. The summed E-state index contributed by atoms with van der Waals surface area (Å²) in [5.74, 6) is 0.274. The Labute approximate surface area is 104 Å². The number of hydrogen-bond acceptors (Lipinski definition) is 3. The molecule has 0 saturated heterocycles. The Morgan fingerprint density at radius 1 is 1.29 bits per heavy atom. The minimum Gasteiger partial charge on any atom is -0.355 e. The summed E-state index contributed by atoms with van der Waals surface area (Å²) < 4.78 is 26.0. The van der Waals surface area contributed by atoms with Gasteiger partial charge in [0.25, 0.3) is 10.2 Å². The summed E-state index contributed by atoms with van der Waals surface area (Å²) >= 11 is 0. The summed E-state index contributed by atoms with van der Waals surface area (Å²) in [5.41, 5.74) is 0. The fraction of sp³-hybridized carbons (Fsp3) is 0.800. The Balaban J connectivity index is 3.69. The Bertz CT molecular complexity index is 326. The van der Waals surface area contributed by atoms with Crippen molar-refractivity contribution >= 4 is 16.1 Å². The molecule has 0 rings (SSSR count). The molecule has 0 heterocycles. The van der Waals surface area contributed by atoms with Gasteiger partial charge in [-0.3, -0.25) is 4.79 Å². The number of nitrogens with one attached hydrogen (secondary N) is 2. The van der Waals surface area contributed by atoms with Crippen molar-refractivity contribution in [2.45, 2.75) is 20.3 Å². The van der Waals surface area contributed by atoms with Crippen molar-refractivity contribution in [2.24, 2.45) is 5.92 Å². The third kappa shape index (κ3) is 8.12. The van der Waals surface area contributed by atoms with Crippen LogP contribution in [0.4, 0.5) is 0 Å². The van der Waals surface area contributed by atoms with Crippen LogP contribution < -0.4 is 10.0 Å². The maximum Gasteiger partial charge on any atom is 0.278 e. The monoisotopic (exact) mass is 264 g/mol. The molecule has 1 radical (unpaired) electrons. The Hall–Kier alpha value is -0.660. The lowest BCUT2D eigenvalue weighted by atomic mass is 10.1. The highest BCUT2D eigenvalue weighted by atomic mass is 32.2. The van der Waals surface area contributed by atoms with Crippen LogP contribution in [0.5, 0.6) is 0 Å². The van der Waals surface area contributed by atoms with E-state index in [0.29, 0.717) is 5.92 Å². The van der Waals surface area contributed by atoms with Crippen molar-refractivity contribution in [1.82, 2.24) is 14.3 Å². The maximum atomic E-state index is 11.3. The van der Waals surface area contributed by atoms with Crippen LogP contribution in [0.2, 0.25) is 0 Å². The van der Waals surface area contributed by atoms with E-state index in [0.717, 1.165) is 10.7 Å². The van der Waals surface area contributed by atoms with Crippen molar-refractivity contribution in [2.75, 3.05) is 27.2 Å². The van der Waals surface area contributed by atoms with Crippen molar-refractivity contribution in [3.8, 4) is 0 Å². The van der Waals surface area contributed by atoms with Crippen LogP contribution in [0.15, 0.2) is 0 Å². The number of nitrogens with zero attached hydrogens (tertiary/aromatic N) is 1. The smallest absolute Gasteiger partial charge is 0.278 e. The standard InChI is InChI=1S/C10H22N3O3S/c1-9(2)5-6-10(14)11-7-8-12-17(15,16)13(3)4/h6,9,12H,5,7-8H2,1-4H3,(H,11,14). The Morgan fingerprint density at radius 3 is 2.35 bits per heavy atom. The molecule has 0 aromatic carbocycles. The summed E-state index contributed by atoms with van der Waals surface area (Å²) in [6.07, 6.45) is 2.29. The number of carbonyl (C=O) groups excluding carboxylic acids is 1. The summed E-state index contributed by atoms with van der Waals surface area (Å²) in [5, 5.41) is 2.61. The predicted octanol–water partition coefficient (Wildman–Crippen LogP) is -0.251. The van der Waals surface area contributed by atoms with Crippen molar-refractivity contribution < 1.29 is 13.2 Å². The summed E-state index contributed by atoms with van der Waals surface area (Å²) in [4.78, 5) is 11.3. The van der Waals surface area contributed by atoms with E-state index in [-0.39, 0.29) is 19.0 Å². The molecular formula is C10H22N3O3S. The fourth-order valence-electron chi connectivity index (χ4n) is 0.910. The molecule has 0 fully saturated rings. The first-order chi connectivity index (χ1) is 7.75. The molecule has 0 bridgehead atoms. The molecule has 0 aromatic heterocycles. The summed E-state index contributed by atoms with van der Waals surface area (Å²) in [6.45, 7) is 4.51. The lowest BCUT2D eigenvalue weighted by Crippen LogP contribution is -2.40. The number of amides is 1. The zero-order valence-electron chi connectivity index (χ0n) is 10.9. The SMILES string of the molecule is CC(C)C[CH]C(=O)NCCNS(=O)(=O)N(C)C. The third-order valence-corrected chi connectivity index (χ3v) is 3.49. The molecule has 0 spiro atoms. The van der Waals surface area contributed by atoms with Gasteiger partial charge in [-0.05, 0) is 12.3 Å². The van der Waals surface area contributed by atoms with Crippen LogP contribution >= 0.6 is 0 Å². The summed E-state index contributed by atoms with van der Waals surface area (Å²) in [7, 11) is -0.516. The maximum absolute atomic E-state index is 11.3. The van der Waals surface area contributed by atoms with Gasteiger partial charge in [-0.2, -0.15) is 12.7 Å². The van der Waals surface area contributed by atoms with E-state index < -0.39 is 10.2 Å².